The van der Waals surface area contributed by atoms with Crippen molar-refractivity contribution in [2.75, 3.05) is 19.7 Å². The Balaban J connectivity index is 3.31. The van der Waals surface area contributed by atoms with Crippen LogP contribution in [-0.4, -0.2) is 42.8 Å². The first-order valence-electron chi connectivity index (χ1n) is 20.4. The van der Waals surface area contributed by atoms with E-state index in [1.165, 1.54) is 167 Å². The fraction of sp³-hybridized carbons (Fsp3) is 0.950. The fourth-order valence-corrected chi connectivity index (χ4v) is 6.35. The van der Waals surface area contributed by atoms with Crippen LogP contribution in [0.1, 0.15) is 219 Å². The summed E-state index contributed by atoms with van der Waals surface area (Å²) in [6, 6.07) is 0.459. The Morgan fingerprint density at radius 2 is 0.935 bits per heavy atom. The molecule has 274 valence electrons. The molecule has 0 aliphatic rings. The molecular weight excluding hydrogens is 572 g/mol. The standard InChI is InChI=1S/C40H80N2O4/c1-2-3-4-5-6-7-8-9-16-21-26-31-36-46-40(45)34-29-24-19-14-11-15-20-25-30-35-42-38(37-41)32-27-22-17-12-10-13-18-23-28-33-39(43)44/h38,42H,2-37,41H2,1H3,(H,43,44). The van der Waals surface area contributed by atoms with Crippen molar-refractivity contribution in [2.24, 2.45) is 5.73 Å². The van der Waals surface area contributed by atoms with Gasteiger partial charge in [0, 0.05) is 25.4 Å². The van der Waals surface area contributed by atoms with Crippen molar-refractivity contribution < 1.29 is 19.4 Å². The maximum Gasteiger partial charge on any atom is 0.305 e. The number of unbranched alkanes of at least 4 members (excludes halogenated alkanes) is 27. The van der Waals surface area contributed by atoms with E-state index in [2.05, 4.69) is 12.2 Å². The summed E-state index contributed by atoms with van der Waals surface area (Å²) in [5.74, 6) is -0.668. The Kier molecular flexibility index (Phi) is 37.4. The van der Waals surface area contributed by atoms with Crippen molar-refractivity contribution in [3.8, 4) is 0 Å². The molecule has 0 amide bonds. The van der Waals surface area contributed by atoms with Gasteiger partial charge in [-0.2, -0.15) is 0 Å². The van der Waals surface area contributed by atoms with E-state index in [9.17, 15) is 9.59 Å². The topological polar surface area (TPSA) is 102 Å². The molecule has 0 saturated carbocycles. The number of nitrogens with one attached hydrogen (secondary N) is 1. The molecule has 6 nitrogen and oxygen atoms in total. The van der Waals surface area contributed by atoms with Crippen LogP contribution in [-0.2, 0) is 14.3 Å². The Morgan fingerprint density at radius 3 is 1.39 bits per heavy atom. The lowest BCUT2D eigenvalue weighted by molar-refractivity contribution is -0.144. The number of esters is 1. The van der Waals surface area contributed by atoms with Crippen LogP contribution in [0.3, 0.4) is 0 Å². The first-order valence-corrected chi connectivity index (χ1v) is 20.4. The highest BCUT2D eigenvalue weighted by Crippen LogP contribution is 2.14. The maximum absolute atomic E-state index is 12.0. The second-order valence-corrected chi connectivity index (χ2v) is 14.0. The number of carboxylic acid groups (broad SMARTS) is 1. The monoisotopic (exact) mass is 653 g/mol. The summed E-state index contributed by atoms with van der Waals surface area (Å²) < 4.78 is 5.44. The van der Waals surface area contributed by atoms with Crippen LogP contribution in [0.2, 0.25) is 0 Å². The molecule has 0 aromatic heterocycles. The summed E-state index contributed by atoms with van der Waals surface area (Å²) >= 11 is 0. The SMILES string of the molecule is CCCCCCCCCCCCCCOC(=O)CCCCCCCCCCCNC(CN)CCCCCCCCCCCC(=O)O. The molecular formula is C40H80N2O4. The summed E-state index contributed by atoms with van der Waals surface area (Å²) in [6.07, 6.45) is 39.9. The fourth-order valence-electron chi connectivity index (χ4n) is 6.35. The van der Waals surface area contributed by atoms with Crippen LogP contribution in [0.5, 0.6) is 0 Å². The number of aliphatic carboxylic acids is 1. The van der Waals surface area contributed by atoms with Gasteiger partial charge in [0.15, 0.2) is 0 Å². The number of carbonyl (C=O) groups is 2. The smallest absolute Gasteiger partial charge is 0.305 e. The third-order valence-corrected chi connectivity index (χ3v) is 9.48. The van der Waals surface area contributed by atoms with E-state index in [1.807, 2.05) is 0 Å². The van der Waals surface area contributed by atoms with Gasteiger partial charge in [0.1, 0.15) is 0 Å². The van der Waals surface area contributed by atoms with Crippen LogP contribution >= 0.6 is 0 Å². The summed E-state index contributed by atoms with van der Waals surface area (Å²) in [4.78, 5) is 22.5. The molecule has 0 rings (SSSR count). The minimum Gasteiger partial charge on any atom is -0.481 e. The zero-order valence-electron chi connectivity index (χ0n) is 30.8. The van der Waals surface area contributed by atoms with Gasteiger partial charge in [-0.1, -0.05) is 174 Å². The van der Waals surface area contributed by atoms with E-state index in [1.54, 1.807) is 0 Å². The van der Waals surface area contributed by atoms with Crippen molar-refractivity contribution in [3.05, 3.63) is 0 Å². The Labute approximate surface area is 286 Å². The number of hydrogen-bond donors (Lipinski definition) is 3. The number of nitrogens with two attached hydrogens (primary N) is 1. The number of hydrogen-bond acceptors (Lipinski definition) is 5. The zero-order chi connectivity index (χ0) is 33.6. The lowest BCUT2D eigenvalue weighted by Gasteiger charge is -2.16. The van der Waals surface area contributed by atoms with E-state index in [-0.39, 0.29) is 5.97 Å². The van der Waals surface area contributed by atoms with Gasteiger partial charge in [0.05, 0.1) is 6.61 Å². The van der Waals surface area contributed by atoms with Crippen molar-refractivity contribution in [3.63, 3.8) is 0 Å². The summed E-state index contributed by atoms with van der Waals surface area (Å²) in [5.41, 5.74) is 6.00. The van der Waals surface area contributed by atoms with Crippen LogP contribution in [0.15, 0.2) is 0 Å². The van der Waals surface area contributed by atoms with Gasteiger partial charge in [-0.15, -0.1) is 0 Å². The average Bonchev–Trinajstić information content (AvgIpc) is 3.05. The number of carboxylic acids is 1. The lowest BCUT2D eigenvalue weighted by Crippen LogP contribution is -2.36. The number of rotatable bonds is 39. The summed E-state index contributed by atoms with van der Waals surface area (Å²) in [6.45, 7) is 4.70. The molecule has 4 N–H and O–H groups in total. The van der Waals surface area contributed by atoms with Crippen molar-refractivity contribution >= 4 is 11.9 Å². The van der Waals surface area contributed by atoms with Gasteiger partial charge in [-0.3, -0.25) is 9.59 Å². The number of carbonyl (C=O) groups excluding carboxylic acids is 1. The quantitative estimate of drug-likeness (QED) is 0.0451. The van der Waals surface area contributed by atoms with Gasteiger partial charge in [0.25, 0.3) is 0 Å². The second-order valence-electron chi connectivity index (χ2n) is 14.0. The molecule has 6 heteroatoms. The zero-order valence-corrected chi connectivity index (χ0v) is 30.8. The maximum atomic E-state index is 12.0. The van der Waals surface area contributed by atoms with E-state index in [0.717, 1.165) is 45.2 Å². The van der Waals surface area contributed by atoms with E-state index in [4.69, 9.17) is 15.6 Å². The molecule has 1 atom stereocenters. The van der Waals surface area contributed by atoms with E-state index in [0.29, 0.717) is 25.5 Å². The molecule has 0 spiro atoms. The Morgan fingerprint density at radius 1 is 0.543 bits per heavy atom. The Hall–Kier alpha value is -1.14. The molecule has 0 aliphatic heterocycles. The molecule has 0 aromatic rings. The predicted octanol–water partition coefficient (Wildman–Crippen LogP) is 11.4. The summed E-state index contributed by atoms with van der Waals surface area (Å²) in [7, 11) is 0. The molecule has 1 unspecified atom stereocenters. The van der Waals surface area contributed by atoms with Crippen molar-refractivity contribution in [1.82, 2.24) is 5.32 Å². The predicted molar refractivity (Wildman–Crippen MR) is 197 cm³/mol. The van der Waals surface area contributed by atoms with Gasteiger partial charge in [-0.25, -0.2) is 0 Å². The molecule has 0 fully saturated rings. The van der Waals surface area contributed by atoms with Crippen LogP contribution in [0.4, 0.5) is 0 Å². The Bertz CT molecular complexity index is 630. The first kappa shape index (κ1) is 44.9. The van der Waals surface area contributed by atoms with Crippen molar-refractivity contribution in [1.29, 1.82) is 0 Å². The van der Waals surface area contributed by atoms with Crippen molar-refractivity contribution in [2.45, 2.75) is 225 Å². The third kappa shape index (κ3) is 37.3. The van der Waals surface area contributed by atoms with Crippen LogP contribution in [0, 0.1) is 0 Å². The third-order valence-electron chi connectivity index (χ3n) is 9.48. The summed E-state index contributed by atoms with van der Waals surface area (Å²) in [5, 5.41) is 12.3. The molecule has 0 aliphatic carbocycles. The highest BCUT2D eigenvalue weighted by Gasteiger charge is 2.06. The average molecular weight is 653 g/mol. The van der Waals surface area contributed by atoms with Crippen LogP contribution in [0.25, 0.3) is 0 Å². The first-order chi connectivity index (χ1) is 22.6. The molecule has 0 saturated heterocycles. The second kappa shape index (κ2) is 38.3. The van der Waals surface area contributed by atoms with Crippen LogP contribution < -0.4 is 11.1 Å². The molecule has 0 radical (unpaired) electrons. The number of ether oxygens (including phenoxy) is 1. The van der Waals surface area contributed by atoms with Gasteiger partial charge >= 0.3 is 11.9 Å². The molecule has 46 heavy (non-hydrogen) atoms. The molecule has 0 bridgehead atoms. The highest BCUT2D eigenvalue weighted by atomic mass is 16.5. The minimum atomic E-state index is -0.671. The normalized spacial score (nSPS) is 12.0. The molecule has 0 heterocycles. The van der Waals surface area contributed by atoms with Gasteiger partial charge < -0.3 is 20.9 Å². The lowest BCUT2D eigenvalue weighted by atomic mass is 10.0. The molecule has 0 aromatic carbocycles. The van der Waals surface area contributed by atoms with E-state index >= 15 is 0 Å². The largest absolute Gasteiger partial charge is 0.481 e. The van der Waals surface area contributed by atoms with Gasteiger partial charge in [0.2, 0.25) is 0 Å². The highest BCUT2D eigenvalue weighted by molar-refractivity contribution is 5.69. The van der Waals surface area contributed by atoms with Gasteiger partial charge in [-0.05, 0) is 38.6 Å². The van der Waals surface area contributed by atoms with E-state index < -0.39 is 5.97 Å². The minimum absolute atomic E-state index is 0.00302.